The molecule has 1 atom stereocenters. The Balaban J connectivity index is 0.00000392. The molecule has 92 heavy (non-hydrogen) atoms. The van der Waals surface area contributed by atoms with Crippen LogP contribution in [0.3, 0.4) is 0 Å². The van der Waals surface area contributed by atoms with Crippen LogP contribution in [-0.4, -0.2) is 117 Å². The maximum atomic E-state index is 13.5. The number of carbonyl (C=O) groups excluding carboxylic acids is 1. The molecule has 493 valence electrons. The van der Waals surface area contributed by atoms with E-state index in [1.807, 2.05) is 49.6 Å². The number of nitrogen functional groups attached to an aromatic ring is 1. The zero-order valence-corrected chi connectivity index (χ0v) is 59.0. The third kappa shape index (κ3) is 18.6. The molecule has 23 nitrogen and oxygen atoms in total. The second-order valence-corrected chi connectivity index (χ2v) is 28.1. The van der Waals surface area contributed by atoms with E-state index >= 15 is 0 Å². The van der Waals surface area contributed by atoms with E-state index in [1.165, 1.54) is 6.20 Å². The van der Waals surface area contributed by atoms with Gasteiger partial charge in [-0.2, -0.15) is 26.4 Å². The van der Waals surface area contributed by atoms with Gasteiger partial charge in [0.25, 0.3) is 31.7 Å². The summed E-state index contributed by atoms with van der Waals surface area (Å²) in [6.45, 7) is 11.3. The smallest absolute Gasteiger partial charge is 0.326 e. The number of nitrogens with zero attached hydrogens (tertiary/aromatic N) is 5. The fourth-order valence-electron chi connectivity index (χ4n) is 11.6. The van der Waals surface area contributed by atoms with Crippen molar-refractivity contribution in [3.8, 4) is 5.75 Å². The van der Waals surface area contributed by atoms with Crippen LogP contribution in [0.25, 0.3) is 11.2 Å². The molecule has 1 aliphatic carbocycles. The molecule has 4 heterocycles. The molecule has 9 rings (SSSR count). The number of aromatic amines is 1. The summed E-state index contributed by atoms with van der Waals surface area (Å²) in [5.41, 5.74) is 14.3. The number of anilines is 3. The molecule has 0 bridgehead atoms. The van der Waals surface area contributed by atoms with E-state index in [0.717, 1.165) is 57.0 Å². The third-order valence-corrected chi connectivity index (χ3v) is 18.4. The predicted octanol–water partition coefficient (Wildman–Crippen LogP) is 9.45. The summed E-state index contributed by atoms with van der Waals surface area (Å²) in [7, 11) is -13.0. The van der Waals surface area contributed by atoms with E-state index in [9.17, 15) is 58.4 Å². The van der Waals surface area contributed by atoms with E-state index in [4.69, 9.17) is 10.5 Å². The Morgan fingerprint density at radius 3 is 2.33 bits per heavy atom. The van der Waals surface area contributed by atoms with Gasteiger partial charge in [0.15, 0.2) is 16.9 Å². The van der Waals surface area contributed by atoms with Gasteiger partial charge in [-0.3, -0.25) is 23.7 Å². The average Bonchev–Trinajstić information content (AvgIpc) is 1.60. The number of aromatic nitrogens is 4. The number of unbranched alkanes of at least 4 members (excludes halogenated alkanes) is 2. The van der Waals surface area contributed by atoms with Crippen LogP contribution in [0.2, 0.25) is 0 Å². The van der Waals surface area contributed by atoms with Crippen LogP contribution in [-0.2, 0) is 118 Å². The van der Waals surface area contributed by atoms with Crippen molar-refractivity contribution < 1.29 is 121 Å². The number of aryl methyl sites for hydroxylation is 1. The third-order valence-electron chi connectivity index (χ3n) is 16.1. The minimum absolute atomic E-state index is 0. The standard InChI is InChI=1S/C63H71N9O14S3.CH4.W.Y.3H2/c1-39-13-25-51-48(33-39)62(2,3)53(71(51)29-6-8-31-87(77,78)79)27-19-42-11-10-12-43(20-28-54-63(4,5)49-34-41(38-89(83,84)85)16-26-52(49)72(54)30-7-9-32-88(80,81)82)56(42)86-47-23-14-40(15-24-47)35-50(60(75)76)68-58(73)44-17-21-45(22-18-44)65-36-46-37-66-57-55(67-46)59(74)70-61(64)69-57;;;;;;/h13-28,33-34,37,50H,6-12,29-32,35-36,38H2,1-5H3,(H8-,64,65,66,68,69,70,73,74,75,76,77,78,79,80,81,82,83,84,85);1H4;;;3*1H/t50-;;;;;;/m0....../s1/i14+2,15+2,23+2,24+2,35+2,40+1,47+2,50+2,60+2;;;;;;. The topological polar surface area (TPSA) is 357 Å². The van der Waals surface area contributed by atoms with Crippen molar-refractivity contribution in [2.75, 3.05) is 40.5 Å². The van der Waals surface area contributed by atoms with E-state index < -0.39 is 76.2 Å². The molecule has 2 aromatic heterocycles. The van der Waals surface area contributed by atoms with Crippen LogP contribution in [0.15, 0.2) is 143 Å². The van der Waals surface area contributed by atoms with Crippen molar-refractivity contribution in [3.63, 3.8) is 0 Å². The van der Waals surface area contributed by atoms with Gasteiger partial charge in [-0.1, -0.05) is 63.2 Å². The molecule has 6 aromatic rings. The molecule has 28 heteroatoms. The Labute approximate surface area is 580 Å². The number of rotatable bonds is 25. The maximum absolute atomic E-state index is 13.5. The molecule has 0 fully saturated rings. The number of ether oxygens (including phenoxy) is 1. The molecule has 0 saturated carbocycles. The molecule has 0 unspecified atom stereocenters. The van der Waals surface area contributed by atoms with Crippen LogP contribution in [0, 0.1) is 6.92 Å². The number of hydrogen-bond donors (Lipinski definition) is 7. The molecule has 3 aliphatic rings. The first kappa shape index (κ1) is 74.4. The van der Waals surface area contributed by atoms with E-state index in [-0.39, 0.29) is 120 Å². The number of carboxylic acid groups (broad SMARTS) is 1. The van der Waals surface area contributed by atoms with Crippen molar-refractivity contribution >= 4 is 82.1 Å². The zero-order chi connectivity index (χ0) is 64.2. The summed E-state index contributed by atoms with van der Waals surface area (Å²) in [6.07, 6.45) is 12.5. The van der Waals surface area contributed by atoms with Gasteiger partial charge in [0.2, 0.25) is 11.6 Å². The first-order valence-electron chi connectivity index (χ1n) is 28.9. The number of aliphatic carboxylic acids is 1. The van der Waals surface area contributed by atoms with Crippen LogP contribution >= 0.6 is 0 Å². The quantitative estimate of drug-likeness (QED) is 0.0159. The Bertz CT molecular complexity index is 4360. The maximum Gasteiger partial charge on any atom is 0.326 e. The number of benzene rings is 4. The van der Waals surface area contributed by atoms with Gasteiger partial charge in [-0.15, -0.1) is 0 Å². The second kappa shape index (κ2) is 30.6. The number of carbonyl (C=O) groups is 2. The number of H-pyrrole nitrogens is 1. The number of allylic oxidation sites excluding steroid dienone is 7. The molecule has 8 N–H and O–H groups in total. The number of nitrogens with two attached hydrogens (primary N) is 1. The summed E-state index contributed by atoms with van der Waals surface area (Å²) in [6, 6.07) is 23.3. The summed E-state index contributed by atoms with van der Waals surface area (Å²) < 4.78 is 111. The molecular formula is C64H81N9O14S3WY. The monoisotopic (exact) mass is 1590 g/mol. The minimum atomic E-state index is -4.47. The first-order valence-corrected chi connectivity index (χ1v) is 33.7. The summed E-state index contributed by atoms with van der Waals surface area (Å²) in [5, 5.41) is 16.1. The molecule has 4 aromatic carbocycles. The minimum Gasteiger partial charge on any atom is -0.748 e. The SMILES string of the molecule is C.Cc1ccc2c(c1)C(C)(C)/C(=C\C=C1/CCCC(/C=C/C3=[N+](CCCCS(=O)(=O)[O-])c4ccc(CS(=O)(=O)O)cc4C3(C)C)=C1O[14c]1[14cH][14cH][13c]([14CH2][14C@H](NC(=O)c3ccc(NCc4cnc5nc(N)[nH]c(=O)c5n4)cc3)[14C](=O)O)[14cH][14cH]1)N2CCCCS(=O)(=O)O.[HH].[HH].[HH].[W].[Y]. The second-order valence-electron chi connectivity index (χ2n) is 23.5. The molecule has 0 spiro atoms. The van der Waals surface area contributed by atoms with Crippen LogP contribution in [0.4, 0.5) is 23.0 Å². The number of fused-ring (bicyclic) bond motifs is 3. The van der Waals surface area contributed by atoms with Gasteiger partial charge < -0.3 is 35.7 Å². The molecule has 1 radical (unpaired) electrons. The molecule has 0 saturated heterocycles. The number of hydrogen-bond acceptors (Lipinski definition) is 17. The summed E-state index contributed by atoms with van der Waals surface area (Å²) >= 11 is 0. The number of carboxylic acids is 1. The van der Waals surface area contributed by atoms with Crippen molar-refractivity contribution in [2.24, 2.45) is 0 Å². The van der Waals surface area contributed by atoms with Crippen molar-refractivity contribution in [1.29, 1.82) is 0 Å². The average molecular weight is 1590 g/mol. The van der Waals surface area contributed by atoms with E-state index in [1.54, 1.807) is 66.7 Å². The van der Waals surface area contributed by atoms with E-state index in [0.29, 0.717) is 72.8 Å². The van der Waals surface area contributed by atoms with Gasteiger partial charge in [0, 0.05) is 129 Å². The van der Waals surface area contributed by atoms with Crippen LogP contribution in [0.1, 0.15) is 128 Å². The van der Waals surface area contributed by atoms with Crippen molar-refractivity contribution in [2.45, 2.75) is 123 Å². The molecule has 2 aliphatic heterocycles. The number of amides is 1. The largest absolute Gasteiger partial charge is 0.748 e. The molecule has 1 amide bonds. The van der Waals surface area contributed by atoms with Crippen LogP contribution < -0.4 is 31.6 Å². The zero-order valence-electron chi connectivity index (χ0n) is 50.8. The Morgan fingerprint density at radius 1 is 0.946 bits per heavy atom. The van der Waals surface area contributed by atoms with Gasteiger partial charge in [0.1, 0.15) is 29.8 Å². The van der Waals surface area contributed by atoms with Gasteiger partial charge in [-0.05, 0) is 148 Å². The van der Waals surface area contributed by atoms with Gasteiger partial charge in [-0.25, -0.2) is 23.2 Å². The summed E-state index contributed by atoms with van der Waals surface area (Å²) in [5.74, 6) is -2.46. The fraction of sp³-hybridized carbons (Fsp3) is 0.359. The van der Waals surface area contributed by atoms with Gasteiger partial charge >= 0.3 is 5.97 Å². The predicted molar refractivity (Wildman–Crippen MR) is 351 cm³/mol. The van der Waals surface area contributed by atoms with E-state index in [2.05, 4.69) is 67.5 Å². The Hall–Kier alpha value is -6.61. The molecular weight excluding hydrogens is 1500 g/mol. The normalized spacial score (nSPS) is 16.4. The van der Waals surface area contributed by atoms with Crippen molar-refractivity contribution in [1.82, 2.24) is 25.3 Å². The Kier molecular flexibility index (Phi) is 24.8. The fourth-order valence-corrected chi connectivity index (χ4v) is 13.3. The van der Waals surface area contributed by atoms with Gasteiger partial charge in [0.05, 0.1) is 39.7 Å². The Morgan fingerprint density at radius 2 is 1.65 bits per heavy atom. The summed E-state index contributed by atoms with van der Waals surface area (Å²) in [4.78, 5) is 55.6. The van der Waals surface area contributed by atoms with Crippen molar-refractivity contribution in [3.05, 3.63) is 187 Å². The van der Waals surface area contributed by atoms with Crippen LogP contribution in [0.5, 0.6) is 5.75 Å². The first-order chi connectivity index (χ1) is 41.9. The number of nitrogens with one attached hydrogen (secondary N) is 3.